The van der Waals surface area contributed by atoms with Gasteiger partial charge < -0.3 is 0 Å². The van der Waals surface area contributed by atoms with Crippen LogP contribution in [-0.2, 0) is 21.2 Å². The van der Waals surface area contributed by atoms with Crippen LogP contribution >= 0.6 is 0 Å². The Morgan fingerprint density at radius 3 is 2.38 bits per heavy atom. The largest absolute Gasteiger partial charge is 0.274 e. The van der Waals surface area contributed by atoms with Crippen LogP contribution in [0.1, 0.15) is 32.3 Å². The van der Waals surface area contributed by atoms with Gasteiger partial charge in [-0.3, -0.25) is 9.52 Å². The smallest absolute Gasteiger partial charge is 0.237 e. The quantitative estimate of drug-likeness (QED) is 0.841. The van der Waals surface area contributed by atoms with Gasteiger partial charge in [0.25, 0.3) is 0 Å². The molecular weight excluding hydrogens is 286 g/mol. The van der Waals surface area contributed by atoms with E-state index in [1.807, 2.05) is 44.2 Å². The summed E-state index contributed by atoms with van der Waals surface area (Å²) in [6.45, 7) is 3.89. The minimum atomic E-state index is -3.49. The zero-order valence-electron chi connectivity index (χ0n) is 12.6. The van der Waals surface area contributed by atoms with Gasteiger partial charge in [-0.15, -0.1) is 0 Å². The normalized spacial score (nSPS) is 16.7. The van der Waals surface area contributed by atoms with E-state index in [1.165, 1.54) is 0 Å². The van der Waals surface area contributed by atoms with Crippen molar-refractivity contribution in [2.45, 2.75) is 33.1 Å². The molecule has 1 aromatic carbocycles. The average molecular weight is 309 g/mol. The molecule has 0 radical (unpaired) electrons. The molecule has 0 bridgehead atoms. The van der Waals surface area contributed by atoms with Crippen LogP contribution in [0, 0.1) is 17.8 Å². The van der Waals surface area contributed by atoms with Crippen molar-refractivity contribution in [3.8, 4) is 0 Å². The highest BCUT2D eigenvalue weighted by Crippen LogP contribution is 2.30. The maximum Gasteiger partial charge on any atom is 0.237 e. The molecule has 1 aliphatic rings. The van der Waals surface area contributed by atoms with Crippen LogP contribution in [0.5, 0.6) is 0 Å². The summed E-state index contributed by atoms with van der Waals surface area (Å²) in [5, 5.41) is 0. The van der Waals surface area contributed by atoms with Crippen LogP contribution in [0.3, 0.4) is 0 Å². The van der Waals surface area contributed by atoms with Crippen molar-refractivity contribution in [1.82, 2.24) is 4.72 Å². The summed E-state index contributed by atoms with van der Waals surface area (Å²) in [5.74, 6) is -0.311. The molecule has 4 nitrogen and oxygen atoms in total. The van der Waals surface area contributed by atoms with Gasteiger partial charge in [0.15, 0.2) is 0 Å². The lowest BCUT2D eigenvalue weighted by Gasteiger charge is -2.20. The minimum Gasteiger partial charge on any atom is -0.274 e. The first kappa shape index (κ1) is 16.0. The Morgan fingerprint density at radius 2 is 1.86 bits per heavy atom. The molecule has 2 rings (SSSR count). The Bertz CT molecular complexity index is 577. The average Bonchev–Trinajstić information content (AvgIpc) is 3.19. The lowest BCUT2D eigenvalue weighted by Crippen LogP contribution is -2.40. The molecule has 1 unspecified atom stereocenters. The first-order chi connectivity index (χ1) is 9.87. The number of nitrogens with one attached hydrogen (secondary N) is 1. The van der Waals surface area contributed by atoms with Crippen molar-refractivity contribution in [2.75, 3.05) is 5.75 Å². The van der Waals surface area contributed by atoms with Crippen LogP contribution in [0.2, 0.25) is 0 Å². The van der Waals surface area contributed by atoms with Crippen LogP contribution in [0.4, 0.5) is 0 Å². The molecule has 0 heterocycles. The van der Waals surface area contributed by atoms with E-state index < -0.39 is 10.0 Å². The van der Waals surface area contributed by atoms with E-state index in [1.54, 1.807) is 0 Å². The molecule has 1 aliphatic carbocycles. The fourth-order valence-electron chi connectivity index (χ4n) is 2.36. The summed E-state index contributed by atoms with van der Waals surface area (Å²) in [4.78, 5) is 12.3. The van der Waals surface area contributed by atoms with E-state index in [2.05, 4.69) is 4.72 Å². The van der Waals surface area contributed by atoms with Gasteiger partial charge in [0.2, 0.25) is 15.9 Å². The second-order valence-electron chi connectivity index (χ2n) is 6.23. The summed E-state index contributed by atoms with van der Waals surface area (Å²) in [7, 11) is -3.49. The van der Waals surface area contributed by atoms with Crippen LogP contribution in [0.25, 0.3) is 0 Å². The monoisotopic (exact) mass is 309 g/mol. The van der Waals surface area contributed by atoms with E-state index in [0.29, 0.717) is 6.42 Å². The fourth-order valence-corrected chi connectivity index (χ4v) is 3.86. The Hall–Kier alpha value is -1.36. The van der Waals surface area contributed by atoms with E-state index in [-0.39, 0.29) is 29.4 Å². The molecule has 5 heteroatoms. The molecule has 0 saturated heterocycles. The first-order valence-corrected chi connectivity index (χ1v) is 9.11. The highest BCUT2D eigenvalue weighted by molar-refractivity contribution is 7.90. The van der Waals surface area contributed by atoms with Gasteiger partial charge >= 0.3 is 0 Å². The third-order valence-corrected chi connectivity index (χ3v) is 5.27. The fraction of sp³-hybridized carbons (Fsp3) is 0.562. The number of sulfonamides is 1. The van der Waals surface area contributed by atoms with Gasteiger partial charge in [0.1, 0.15) is 0 Å². The molecule has 1 atom stereocenters. The van der Waals surface area contributed by atoms with Crippen molar-refractivity contribution in [3.05, 3.63) is 35.9 Å². The Kier molecular flexibility index (Phi) is 5.04. The second-order valence-corrected chi connectivity index (χ2v) is 8.00. The topological polar surface area (TPSA) is 63.2 Å². The second kappa shape index (κ2) is 6.60. The third-order valence-electron chi connectivity index (χ3n) is 3.85. The maximum atomic E-state index is 12.3. The number of amides is 1. The molecule has 21 heavy (non-hydrogen) atoms. The number of rotatable bonds is 7. The van der Waals surface area contributed by atoms with E-state index in [4.69, 9.17) is 0 Å². The molecule has 1 aromatic rings. The lowest BCUT2D eigenvalue weighted by atomic mass is 9.89. The van der Waals surface area contributed by atoms with Gasteiger partial charge in [0, 0.05) is 5.92 Å². The summed E-state index contributed by atoms with van der Waals surface area (Å²) < 4.78 is 26.1. The molecule has 0 spiro atoms. The Morgan fingerprint density at radius 1 is 1.24 bits per heavy atom. The summed E-state index contributed by atoms with van der Waals surface area (Å²) >= 11 is 0. The van der Waals surface area contributed by atoms with Gasteiger partial charge in [-0.05, 0) is 36.7 Å². The highest BCUT2D eigenvalue weighted by atomic mass is 32.2. The first-order valence-electron chi connectivity index (χ1n) is 7.45. The van der Waals surface area contributed by atoms with Crippen molar-refractivity contribution in [1.29, 1.82) is 0 Å². The van der Waals surface area contributed by atoms with Crippen molar-refractivity contribution in [2.24, 2.45) is 17.8 Å². The highest BCUT2D eigenvalue weighted by Gasteiger charge is 2.31. The predicted molar refractivity (Wildman–Crippen MR) is 83.1 cm³/mol. The molecule has 1 fully saturated rings. The van der Waals surface area contributed by atoms with E-state index >= 15 is 0 Å². The SMILES string of the molecule is CC(C)C(Cc1ccccc1)C(=O)NS(=O)(=O)CC1CC1. The summed E-state index contributed by atoms with van der Waals surface area (Å²) in [6.07, 6.45) is 2.46. The summed E-state index contributed by atoms with van der Waals surface area (Å²) in [5.41, 5.74) is 1.05. The Labute approximate surface area is 127 Å². The van der Waals surface area contributed by atoms with Crippen LogP contribution in [0.15, 0.2) is 30.3 Å². The third kappa shape index (κ3) is 5.16. The molecule has 1 N–H and O–H groups in total. The molecular formula is C16H23NO3S. The van der Waals surface area contributed by atoms with Gasteiger partial charge in [-0.2, -0.15) is 0 Å². The number of hydrogen-bond acceptors (Lipinski definition) is 3. The zero-order valence-corrected chi connectivity index (χ0v) is 13.4. The van der Waals surface area contributed by atoms with E-state index in [0.717, 1.165) is 18.4 Å². The van der Waals surface area contributed by atoms with Gasteiger partial charge in [0.05, 0.1) is 5.75 Å². The standard InChI is InChI=1S/C16H23NO3S/c1-12(2)15(10-13-6-4-3-5-7-13)16(18)17-21(19,20)11-14-8-9-14/h3-7,12,14-15H,8-11H2,1-2H3,(H,17,18). The van der Waals surface area contributed by atoms with Gasteiger partial charge in [-0.25, -0.2) is 8.42 Å². The number of carbonyl (C=O) groups is 1. The summed E-state index contributed by atoms with van der Waals surface area (Å²) in [6, 6.07) is 9.69. The maximum absolute atomic E-state index is 12.3. The molecule has 0 aliphatic heterocycles. The lowest BCUT2D eigenvalue weighted by molar-refractivity contribution is -0.124. The van der Waals surface area contributed by atoms with Crippen LogP contribution in [-0.4, -0.2) is 20.1 Å². The van der Waals surface area contributed by atoms with Crippen molar-refractivity contribution < 1.29 is 13.2 Å². The van der Waals surface area contributed by atoms with Crippen LogP contribution < -0.4 is 4.72 Å². The minimum absolute atomic E-state index is 0.0783. The molecule has 1 amide bonds. The van der Waals surface area contributed by atoms with Crippen molar-refractivity contribution >= 4 is 15.9 Å². The molecule has 116 valence electrons. The molecule has 1 saturated carbocycles. The predicted octanol–water partition coefficient (Wildman–Crippen LogP) is 2.36. The Balaban J connectivity index is 2.01. The van der Waals surface area contributed by atoms with E-state index in [9.17, 15) is 13.2 Å². The zero-order chi connectivity index (χ0) is 15.5. The van der Waals surface area contributed by atoms with Crippen molar-refractivity contribution in [3.63, 3.8) is 0 Å². The number of carbonyl (C=O) groups excluding carboxylic acids is 1. The number of benzene rings is 1. The number of hydrogen-bond donors (Lipinski definition) is 1. The molecule has 0 aromatic heterocycles. The van der Waals surface area contributed by atoms with Gasteiger partial charge in [-0.1, -0.05) is 44.2 Å².